The Morgan fingerprint density at radius 2 is 1.09 bits per heavy atom. The third-order valence-electron chi connectivity index (χ3n) is 5.16. The van der Waals surface area contributed by atoms with Gasteiger partial charge in [0.05, 0.1) is 34.4 Å². The Balaban J connectivity index is -0.000000654. The number of hydrogen-bond acceptors (Lipinski definition) is 12. The smallest absolute Gasteiger partial charge is 0.354 e. The standard InChI is InChI=1S/C15H23NO6.C8H13NO3.C8H11NO3/c1-10(17)9-12(14(19)21-3)7-5-6-8-13(15(20)22-4)16-11(2)18;2*1-4-5-7(8(11)12-3)9-6(2)10/h5-6,12-13H,7-9H2,1-4H3,(H,16,18);4,7H,1,5H2,2-3H3,(H,9,10);4-5H,1H2,2-3H3,(H,9,10)/b;;7-5-/t12-,13+;7-;/m10./s1. The zero-order valence-corrected chi connectivity index (χ0v) is 27.8. The van der Waals surface area contributed by atoms with Crippen LogP contribution in [0.1, 0.15) is 53.4 Å². The summed E-state index contributed by atoms with van der Waals surface area (Å²) in [6.45, 7) is 12.2. The summed E-state index contributed by atoms with van der Waals surface area (Å²) >= 11 is 0. The van der Waals surface area contributed by atoms with Gasteiger partial charge in [0.15, 0.2) is 0 Å². The van der Waals surface area contributed by atoms with Crippen molar-refractivity contribution in [3.8, 4) is 0 Å². The highest BCUT2D eigenvalue weighted by Gasteiger charge is 2.21. The number of rotatable bonds is 16. The van der Waals surface area contributed by atoms with E-state index in [0.29, 0.717) is 12.8 Å². The second kappa shape index (κ2) is 27.5. The summed E-state index contributed by atoms with van der Waals surface area (Å²) in [6, 6.07) is -1.38. The number of carbonyl (C=O) groups is 8. The molecule has 46 heavy (non-hydrogen) atoms. The van der Waals surface area contributed by atoms with Gasteiger partial charge in [0.2, 0.25) is 17.7 Å². The molecule has 15 nitrogen and oxygen atoms in total. The number of ether oxygens (including phenoxy) is 4. The van der Waals surface area contributed by atoms with Crippen LogP contribution in [-0.4, -0.2) is 87.9 Å². The molecule has 0 bridgehead atoms. The van der Waals surface area contributed by atoms with E-state index in [2.05, 4.69) is 48.1 Å². The Morgan fingerprint density at radius 3 is 1.43 bits per heavy atom. The van der Waals surface area contributed by atoms with Crippen LogP contribution in [0.25, 0.3) is 0 Å². The molecule has 0 aliphatic rings. The van der Waals surface area contributed by atoms with E-state index in [1.165, 1.54) is 68.3 Å². The van der Waals surface area contributed by atoms with Crippen LogP contribution in [0.5, 0.6) is 0 Å². The Hall–Kier alpha value is -5.08. The molecule has 0 rings (SSSR count). The number of amides is 3. The monoisotopic (exact) mass is 653 g/mol. The number of ketones is 1. The van der Waals surface area contributed by atoms with Gasteiger partial charge in [0, 0.05) is 27.2 Å². The van der Waals surface area contributed by atoms with Crippen molar-refractivity contribution in [1.29, 1.82) is 0 Å². The summed E-state index contributed by atoms with van der Waals surface area (Å²) in [5, 5.41) is 7.23. The van der Waals surface area contributed by atoms with Crippen molar-refractivity contribution in [2.24, 2.45) is 5.92 Å². The molecule has 0 aromatic carbocycles. The predicted molar refractivity (Wildman–Crippen MR) is 167 cm³/mol. The first-order valence-corrected chi connectivity index (χ1v) is 13.8. The molecule has 0 aliphatic heterocycles. The maximum atomic E-state index is 11.5. The summed E-state index contributed by atoms with van der Waals surface area (Å²) in [5.74, 6) is -3.62. The Kier molecular flexibility index (Phi) is 27.1. The van der Waals surface area contributed by atoms with Crippen molar-refractivity contribution < 1.29 is 57.3 Å². The molecule has 0 aromatic rings. The molecule has 0 saturated heterocycles. The molecule has 15 heteroatoms. The molecule has 0 saturated carbocycles. The van der Waals surface area contributed by atoms with Crippen molar-refractivity contribution in [3.63, 3.8) is 0 Å². The van der Waals surface area contributed by atoms with Crippen LogP contribution in [0.2, 0.25) is 0 Å². The number of allylic oxidation sites excluding steroid dienone is 3. The first kappa shape index (κ1) is 45.4. The molecule has 0 heterocycles. The number of Topliss-reactive ketones (excluding diaryl/α,β-unsaturated/α-hetero) is 1. The second-order valence-electron chi connectivity index (χ2n) is 9.13. The Bertz CT molecular complexity index is 1090. The highest BCUT2D eigenvalue weighted by molar-refractivity contribution is 5.93. The minimum Gasteiger partial charge on any atom is -0.469 e. The first-order chi connectivity index (χ1) is 21.5. The van der Waals surface area contributed by atoms with Crippen molar-refractivity contribution in [3.05, 3.63) is 49.2 Å². The van der Waals surface area contributed by atoms with Crippen molar-refractivity contribution in [2.75, 3.05) is 28.4 Å². The third-order valence-corrected chi connectivity index (χ3v) is 5.16. The van der Waals surface area contributed by atoms with Gasteiger partial charge in [-0.25, -0.2) is 14.4 Å². The first-order valence-electron chi connectivity index (χ1n) is 13.8. The highest BCUT2D eigenvalue weighted by atomic mass is 16.5. The summed E-state index contributed by atoms with van der Waals surface area (Å²) in [6.07, 6.45) is 8.69. The second-order valence-corrected chi connectivity index (χ2v) is 9.13. The lowest BCUT2D eigenvalue weighted by molar-refractivity contribution is -0.147. The van der Waals surface area contributed by atoms with Gasteiger partial charge in [-0.05, 0) is 32.3 Å². The molecule has 3 N–H and O–H groups in total. The normalized spacial score (nSPS) is 12.0. The lowest BCUT2D eigenvalue weighted by Crippen LogP contribution is -2.39. The molecule has 258 valence electrons. The lowest BCUT2D eigenvalue weighted by atomic mass is 9.98. The van der Waals surface area contributed by atoms with Crippen LogP contribution < -0.4 is 16.0 Å². The SMILES string of the molecule is C=C/C=C(\NC(C)=O)C(=O)OC.C=CC[C@H](NC(C)=O)C(=O)OC.COC(=O)[C@H](CC=CC[C@H](NC(C)=O)C(=O)OC)CC(C)=O. The van der Waals surface area contributed by atoms with Crippen molar-refractivity contribution in [2.45, 2.75) is 65.5 Å². The Morgan fingerprint density at radius 1 is 0.630 bits per heavy atom. The zero-order valence-electron chi connectivity index (χ0n) is 27.8. The molecule has 0 fully saturated rings. The van der Waals surface area contributed by atoms with E-state index in [0.717, 1.165) is 0 Å². The fraction of sp³-hybridized carbons (Fsp3) is 0.484. The van der Waals surface area contributed by atoms with E-state index < -0.39 is 41.9 Å². The van der Waals surface area contributed by atoms with E-state index in [1.807, 2.05) is 0 Å². The van der Waals surface area contributed by atoms with Gasteiger partial charge in [-0.3, -0.25) is 19.2 Å². The number of esters is 4. The van der Waals surface area contributed by atoms with Crippen LogP contribution in [0.15, 0.2) is 49.2 Å². The minimum absolute atomic E-state index is 0.0833. The van der Waals surface area contributed by atoms with Crippen LogP contribution >= 0.6 is 0 Å². The maximum absolute atomic E-state index is 11.5. The fourth-order valence-corrected chi connectivity index (χ4v) is 3.22. The summed E-state index contributed by atoms with van der Waals surface area (Å²) in [4.78, 5) is 88.2. The van der Waals surface area contributed by atoms with E-state index in [4.69, 9.17) is 0 Å². The molecule has 0 spiro atoms. The van der Waals surface area contributed by atoms with Gasteiger partial charge in [0.25, 0.3) is 0 Å². The van der Waals surface area contributed by atoms with E-state index >= 15 is 0 Å². The largest absolute Gasteiger partial charge is 0.469 e. The zero-order chi connectivity index (χ0) is 36.2. The highest BCUT2D eigenvalue weighted by Crippen LogP contribution is 2.13. The van der Waals surface area contributed by atoms with Crippen LogP contribution in [0, 0.1) is 5.92 Å². The summed E-state index contributed by atoms with van der Waals surface area (Å²) in [5.41, 5.74) is 0.0833. The van der Waals surface area contributed by atoms with Gasteiger partial charge in [-0.15, -0.1) is 6.58 Å². The predicted octanol–water partition coefficient (Wildman–Crippen LogP) is 1.37. The van der Waals surface area contributed by atoms with Crippen molar-refractivity contribution >= 4 is 47.4 Å². The minimum atomic E-state index is -0.775. The molecule has 0 aromatic heterocycles. The number of hydrogen-bond donors (Lipinski definition) is 3. The van der Waals surface area contributed by atoms with Gasteiger partial charge in [-0.1, -0.05) is 30.9 Å². The maximum Gasteiger partial charge on any atom is 0.354 e. The molecular formula is C31H47N3O12. The molecule has 3 atom stereocenters. The lowest BCUT2D eigenvalue weighted by Gasteiger charge is -2.13. The molecule has 3 amide bonds. The molecule has 0 aliphatic carbocycles. The average molecular weight is 654 g/mol. The van der Waals surface area contributed by atoms with Crippen LogP contribution in [0.3, 0.4) is 0 Å². The summed E-state index contributed by atoms with van der Waals surface area (Å²) < 4.78 is 18.1. The average Bonchev–Trinajstić information content (AvgIpc) is 2.99. The van der Waals surface area contributed by atoms with Gasteiger partial charge in [0.1, 0.15) is 23.6 Å². The van der Waals surface area contributed by atoms with E-state index in [9.17, 15) is 38.4 Å². The fourth-order valence-electron chi connectivity index (χ4n) is 3.22. The quantitative estimate of drug-likeness (QED) is 0.0709. The number of nitrogens with one attached hydrogen (secondary N) is 3. The van der Waals surface area contributed by atoms with Crippen LogP contribution in [0.4, 0.5) is 0 Å². The Labute approximate surface area is 269 Å². The molecule has 0 radical (unpaired) electrons. The summed E-state index contributed by atoms with van der Waals surface area (Å²) in [7, 11) is 5.02. The molecule has 0 unspecified atom stereocenters. The van der Waals surface area contributed by atoms with Gasteiger partial charge < -0.3 is 39.7 Å². The molecular weight excluding hydrogens is 606 g/mol. The third kappa shape index (κ3) is 24.4. The van der Waals surface area contributed by atoms with Crippen LogP contribution in [-0.2, 0) is 57.3 Å². The van der Waals surface area contributed by atoms with E-state index in [-0.39, 0.29) is 42.0 Å². The number of carbonyl (C=O) groups excluding carboxylic acids is 8. The van der Waals surface area contributed by atoms with Gasteiger partial charge in [-0.2, -0.15) is 0 Å². The van der Waals surface area contributed by atoms with Gasteiger partial charge >= 0.3 is 23.9 Å². The topological polar surface area (TPSA) is 210 Å². The van der Waals surface area contributed by atoms with E-state index in [1.54, 1.807) is 18.2 Å². The van der Waals surface area contributed by atoms with Crippen molar-refractivity contribution in [1.82, 2.24) is 16.0 Å². The number of methoxy groups -OCH3 is 4.